The van der Waals surface area contributed by atoms with E-state index < -0.39 is 5.95 Å². The van der Waals surface area contributed by atoms with Gasteiger partial charge in [0.25, 0.3) is 5.91 Å². The van der Waals surface area contributed by atoms with E-state index in [0.29, 0.717) is 23.0 Å². The molecule has 0 atom stereocenters. The molecule has 0 N–H and O–H groups in total. The summed E-state index contributed by atoms with van der Waals surface area (Å²) in [6.07, 6.45) is 8.49. The lowest BCUT2D eigenvalue weighted by atomic mass is 10.0. The fourth-order valence-corrected chi connectivity index (χ4v) is 3.93. The Balaban J connectivity index is 1.39. The van der Waals surface area contributed by atoms with Crippen molar-refractivity contribution in [1.82, 2.24) is 19.7 Å². The normalized spacial score (nSPS) is 16.9. The van der Waals surface area contributed by atoms with Crippen molar-refractivity contribution in [3.63, 3.8) is 0 Å². The monoisotopic (exact) mass is 363 g/mol. The minimum atomic E-state index is -0.608. The van der Waals surface area contributed by atoms with Gasteiger partial charge in [-0.25, -0.2) is 9.67 Å². The van der Waals surface area contributed by atoms with Crippen molar-refractivity contribution in [3.8, 4) is 5.69 Å². The molecule has 27 heavy (non-hydrogen) atoms. The molecule has 0 spiro atoms. The van der Waals surface area contributed by atoms with Crippen molar-refractivity contribution in [1.29, 1.82) is 0 Å². The molecule has 3 aromatic rings. The predicted octanol–water partition coefficient (Wildman–Crippen LogP) is 3.62. The van der Waals surface area contributed by atoms with Gasteiger partial charge in [-0.15, -0.1) is 0 Å². The highest BCUT2D eigenvalue weighted by Gasteiger charge is 2.33. The number of rotatable bonds is 3. The molecule has 0 unspecified atom stereocenters. The smallest absolute Gasteiger partial charge is 0.263 e. The molecular formula is C20H18FN5O. The number of aromatic nitrogens is 4. The highest BCUT2D eigenvalue weighted by atomic mass is 19.1. The van der Waals surface area contributed by atoms with Gasteiger partial charge in [-0.3, -0.25) is 14.7 Å². The van der Waals surface area contributed by atoms with Crippen LogP contribution in [0.15, 0.2) is 42.7 Å². The molecule has 0 radical (unpaired) electrons. The molecule has 0 bridgehead atoms. The summed E-state index contributed by atoms with van der Waals surface area (Å²) in [4.78, 5) is 22.5. The first kappa shape index (κ1) is 16.1. The van der Waals surface area contributed by atoms with E-state index >= 15 is 0 Å². The molecule has 1 aliphatic heterocycles. The number of carbonyl (C=O) groups is 1. The third-order valence-corrected chi connectivity index (χ3v) is 5.36. The third kappa shape index (κ3) is 2.79. The van der Waals surface area contributed by atoms with E-state index in [9.17, 15) is 9.18 Å². The number of nitrogens with zero attached hydrogens (tertiary/aromatic N) is 5. The lowest BCUT2D eigenvalue weighted by Crippen LogP contribution is -2.25. The van der Waals surface area contributed by atoms with E-state index in [-0.39, 0.29) is 12.5 Å². The maximum absolute atomic E-state index is 13.4. The predicted molar refractivity (Wildman–Crippen MR) is 97.3 cm³/mol. The number of amides is 1. The number of carbonyl (C=O) groups excluding carboxylic acids is 1. The van der Waals surface area contributed by atoms with Crippen LogP contribution in [-0.2, 0) is 6.54 Å². The Morgan fingerprint density at radius 3 is 2.67 bits per heavy atom. The Hall–Kier alpha value is -3.09. The van der Waals surface area contributed by atoms with E-state index in [1.807, 2.05) is 12.3 Å². The SMILES string of the molecule is O=C1c2cn(-c3ccc(C4CCCC4)nc3)nc2CN1c1cccc(F)n1. The molecule has 1 saturated carbocycles. The molecule has 1 amide bonds. The first-order chi connectivity index (χ1) is 13.2. The lowest BCUT2D eigenvalue weighted by molar-refractivity contribution is 0.0995. The number of halogens is 1. The second-order valence-electron chi connectivity index (χ2n) is 7.07. The maximum Gasteiger partial charge on any atom is 0.263 e. The second-order valence-corrected chi connectivity index (χ2v) is 7.07. The van der Waals surface area contributed by atoms with Gasteiger partial charge < -0.3 is 0 Å². The minimum Gasteiger partial charge on any atom is -0.286 e. The molecule has 1 fully saturated rings. The molecule has 2 aliphatic rings. The Morgan fingerprint density at radius 2 is 1.96 bits per heavy atom. The fraction of sp³-hybridized carbons (Fsp3) is 0.300. The van der Waals surface area contributed by atoms with Crippen LogP contribution in [0.25, 0.3) is 5.69 Å². The maximum atomic E-state index is 13.4. The van der Waals surface area contributed by atoms with Gasteiger partial charge in [-0.05, 0) is 37.1 Å². The first-order valence-corrected chi connectivity index (χ1v) is 9.18. The molecule has 3 aromatic heterocycles. The van der Waals surface area contributed by atoms with Crippen LogP contribution in [-0.4, -0.2) is 25.7 Å². The van der Waals surface area contributed by atoms with Crippen LogP contribution in [0, 0.1) is 5.95 Å². The average Bonchev–Trinajstić information content (AvgIpc) is 3.40. The largest absolute Gasteiger partial charge is 0.286 e. The third-order valence-electron chi connectivity index (χ3n) is 5.36. The molecule has 7 heteroatoms. The molecule has 0 saturated heterocycles. The fourth-order valence-electron chi connectivity index (χ4n) is 3.93. The molecule has 6 nitrogen and oxygen atoms in total. The highest BCUT2D eigenvalue weighted by Crippen LogP contribution is 2.33. The first-order valence-electron chi connectivity index (χ1n) is 9.18. The topological polar surface area (TPSA) is 63.9 Å². The summed E-state index contributed by atoms with van der Waals surface area (Å²) in [7, 11) is 0. The number of anilines is 1. The van der Waals surface area contributed by atoms with Gasteiger partial charge in [-0.2, -0.15) is 9.49 Å². The zero-order valence-corrected chi connectivity index (χ0v) is 14.7. The van der Waals surface area contributed by atoms with Gasteiger partial charge in [0, 0.05) is 17.8 Å². The van der Waals surface area contributed by atoms with E-state index in [1.54, 1.807) is 23.0 Å². The van der Waals surface area contributed by atoms with Crippen molar-refractivity contribution in [2.45, 2.75) is 38.1 Å². The van der Waals surface area contributed by atoms with Crippen LogP contribution in [0.1, 0.15) is 53.3 Å². The standard InChI is InChI=1S/C20H18FN5O/c21-18-6-3-7-19(23-18)25-12-17-15(20(25)27)11-26(24-17)14-8-9-16(22-10-14)13-4-1-2-5-13/h3,6-11,13H,1-2,4-5,12H2. The highest BCUT2D eigenvalue weighted by molar-refractivity contribution is 6.09. The van der Waals surface area contributed by atoms with E-state index in [2.05, 4.69) is 21.1 Å². The summed E-state index contributed by atoms with van der Waals surface area (Å²) in [5, 5.41) is 4.53. The van der Waals surface area contributed by atoms with E-state index in [0.717, 1.165) is 11.4 Å². The van der Waals surface area contributed by atoms with Gasteiger partial charge in [0.15, 0.2) is 0 Å². The molecule has 4 heterocycles. The number of pyridine rings is 2. The second kappa shape index (κ2) is 6.26. The van der Waals surface area contributed by atoms with Crippen LogP contribution in [0.5, 0.6) is 0 Å². The molecule has 0 aromatic carbocycles. The Kier molecular flexibility index (Phi) is 3.74. The Morgan fingerprint density at radius 1 is 1.11 bits per heavy atom. The molecule has 5 rings (SSSR count). The van der Waals surface area contributed by atoms with E-state index in [1.165, 1.54) is 36.6 Å². The lowest BCUT2D eigenvalue weighted by Gasteiger charge is -2.14. The van der Waals surface area contributed by atoms with Crippen molar-refractivity contribution in [2.24, 2.45) is 0 Å². The van der Waals surface area contributed by atoms with Crippen LogP contribution in [0.3, 0.4) is 0 Å². The molecular weight excluding hydrogens is 345 g/mol. The van der Waals surface area contributed by atoms with Crippen LogP contribution >= 0.6 is 0 Å². The summed E-state index contributed by atoms with van der Waals surface area (Å²) in [6.45, 7) is 0.283. The summed E-state index contributed by atoms with van der Waals surface area (Å²) in [5.41, 5.74) is 3.14. The summed E-state index contributed by atoms with van der Waals surface area (Å²) in [6, 6.07) is 8.47. The summed E-state index contributed by atoms with van der Waals surface area (Å²) in [5.74, 6) is 0.0379. The number of fused-ring (bicyclic) bond motifs is 1. The van der Waals surface area contributed by atoms with Crippen molar-refractivity contribution in [3.05, 3.63) is 65.6 Å². The summed E-state index contributed by atoms with van der Waals surface area (Å²) < 4.78 is 15.0. The van der Waals surface area contributed by atoms with Crippen LogP contribution in [0.2, 0.25) is 0 Å². The van der Waals surface area contributed by atoms with E-state index in [4.69, 9.17) is 0 Å². The van der Waals surface area contributed by atoms with Gasteiger partial charge in [0.2, 0.25) is 5.95 Å². The van der Waals surface area contributed by atoms with Crippen molar-refractivity contribution >= 4 is 11.7 Å². The molecule has 136 valence electrons. The van der Waals surface area contributed by atoms with Gasteiger partial charge >= 0.3 is 0 Å². The minimum absolute atomic E-state index is 0.218. The van der Waals surface area contributed by atoms with Gasteiger partial charge in [0.05, 0.1) is 29.7 Å². The summed E-state index contributed by atoms with van der Waals surface area (Å²) >= 11 is 0. The number of hydrogen-bond donors (Lipinski definition) is 0. The average molecular weight is 363 g/mol. The zero-order valence-electron chi connectivity index (χ0n) is 14.7. The van der Waals surface area contributed by atoms with Gasteiger partial charge in [0.1, 0.15) is 5.82 Å². The Bertz CT molecular complexity index is 1010. The quantitative estimate of drug-likeness (QED) is 0.667. The Labute approximate surface area is 155 Å². The molecule has 1 aliphatic carbocycles. The number of hydrogen-bond acceptors (Lipinski definition) is 4. The van der Waals surface area contributed by atoms with Crippen molar-refractivity contribution in [2.75, 3.05) is 4.90 Å². The van der Waals surface area contributed by atoms with Gasteiger partial charge in [-0.1, -0.05) is 18.9 Å². The van der Waals surface area contributed by atoms with Crippen LogP contribution in [0.4, 0.5) is 10.2 Å². The van der Waals surface area contributed by atoms with Crippen molar-refractivity contribution < 1.29 is 9.18 Å². The van der Waals surface area contributed by atoms with Crippen LogP contribution < -0.4 is 4.90 Å². The zero-order chi connectivity index (χ0) is 18.4.